The number of hydrogen-bond acceptors (Lipinski definition) is 20. The standard InChI is InChI=1S/C60H93N19O16S2/c1-31(2)19-40(57(92)74-38(52(63)87)16-18-96-8)75-58(93)42(21-35-23-64-30-69-35)72-49(85)25-68-60(95)51(32(3)4)78-53(88)33(5)70-56(91)41(20-34-22-66-37-12-10-9-11-36(34)37)76-55(90)39(13-14-45(61)81)71-47(83)15-17-65-48(84)24-67-54(89)44(28-97-29-46(62)82)77-59(94)43(27-80)73-50(86)26-79(6)7/h9-12,22-23,30-33,38-44,51,66,80H,13-21,24-29H2,1-8H3,(H2,61,81)(H2,62,82)(H2,63,87)(H,64,69)(H,65,84)(H,67,89)(H,68,95)(H,70,91)(H,71,83)(H,72,85)(H,73,86)(H,74,92)(H,75,93)(H,76,90)(H,77,94)(H,78,88)/t33-,38-,39-,40-,41-,42-,43-,44-,51-/m0/s1. The number of H-pyrrole nitrogens is 2. The van der Waals surface area contributed by atoms with Gasteiger partial charge in [0.15, 0.2) is 0 Å². The van der Waals surface area contributed by atoms with E-state index in [1.165, 1.54) is 36.1 Å². The number of nitrogens with two attached hydrogens (primary N) is 3. The molecule has 0 spiro atoms. The summed E-state index contributed by atoms with van der Waals surface area (Å²) in [7, 11) is 3.21. The van der Waals surface area contributed by atoms with E-state index in [9.17, 15) is 77.0 Å². The van der Waals surface area contributed by atoms with Gasteiger partial charge in [0.25, 0.3) is 0 Å². The Morgan fingerprint density at radius 3 is 1.78 bits per heavy atom. The van der Waals surface area contributed by atoms with Crippen molar-refractivity contribution in [1.82, 2.24) is 83.7 Å². The van der Waals surface area contributed by atoms with Crippen LogP contribution in [0.4, 0.5) is 0 Å². The summed E-state index contributed by atoms with van der Waals surface area (Å²) < 4.78 is 0. The molecular formula is C60H93N19O16S2. The molecule has 0 aliphatic rings. The van der Waals surface area contributed by atoms with Crippen LogP contribution in [0.2, 0.25) is 0 Å². The largest absolute Gasteiger partial charge is 0.394 e. The minimum atomic E-state index is -1.51. The van der Waals surface area contributed by atoms with Gasteiger partial charge in [0, 0.05) is 67.0 Å². The predicted octanol–water partition coefficient (Wildman–Crippen LogP) is -6.22. The van der Waals surface area contributed by atoms with Crippen LogP contribution in [0.15, 0.2) is 43.0 Å². The van der Waals surface area contributed by atoms with Gasteiger partial charge in [-0.25, -0.2) is 4.98 Å². The third kappa shape index (κ3) is 30.5. The fourth-order valence-electron chi connectivity index (χ4n) is 9.26. The van der Waals surface area contributed by atoms with Gasteiger partial charge in [-0.15, -0.1) is 11.8 Å². The number of para-hydroxylation sites is 1. The topological polar surface area (TPSA) is 546 Å². The van der Waals surface area contributed by atoms with Crippen LogP contribution in [0.3, 0.4) is 0 Å². The molecule has 0 unspecified atom stereocenters. The number of primary amides is 3. The lowest BCUT2D eigenvalue weighted by Gasteiger charge is -2.26. The van der Waals surface area contributed by atoms with Crippen LogP contribution in [0.25, 0.3) is 10.9 Å². The molecule has 0 fully saturated rings. The molecular weight excluding hydrogens is 1310 g/mol. The molecule has 15 amide bonds. The average Bonchev–Trinajstić information content (AvgIpc) is 1.73. The molecule has 1 aromatic carbocycles. The average molecular weight is 1400 g/mol. The van der Waals surface area contributed by atoms with E-state index in [1.807, 2.05) is 20.1 Å². The molecule has 0 aliphatic carbocycles. The Bertz CT molecular complexity index is 3200. The number of imidazole rings is 1. The minimum absolute atomic E-state index is 0.109. The first-order chi connectivity index (χ1) is 45.8. The molecule has 2 heterocycles. The Morgan fingerprint density at radius 2 is 1.16 bits per heavy atom. The zero-order valence-electron chi connectivity index (χ0n) is 55.5. The maximum atomic E-state index is 14.3. The highest BCUT2D eigenvalue weighted by Gasteiger charge is 2.35. The molecule has 21 N–H and O–H groups in total. The third-order valence-electron chi connectivity index (χ3n) is 14.3. The number of likely N-dealkylation sites (N-methyl/N-ethyl adjacent to an activating group) is 1. The van der Waals surface area contributed by atoms with Crippen molar-refractivity contribution in [3.63, 3.8) is 0 Å². The summed E-state index contributed by atoms with van der Waals surface area (Å²) in [5.74, 6) is -12.9. The summed E-state index contributed by atoms with van der Waals surface area (Å²) in [6.45, 7) is 5.48. The number of nitrogens with zero attached hydrogens (tertiary/aromatic N) is 2. The van der Waals surface area contributed by atoms with Gasteiger partial charge >= 0.3 is 0 Å². The molecule has 3 aromatic rings. The number of benzene rings is 1. The molecule has 97 heavy (non-hydrogen) atoms. The van der Waals surface area contributed by atoms with Gasteiger partial charge in [-0.05, 0) is 75.8 Å². The highest BCUT2D eigenvalue weighted by Crippen LogP contribution is 2.20. The summed E-state index contributed by atoms with van der Waals surface area (Å²) in [5, 5.41) is 40.5. The van der Waals surface area contributed by atoms with Gasteiger partial charge in [0.05, 0.1) is 38.3 Å². The van der Waals surface area contributed by atoms with Crippen molar-refractivity contribution < 1.29 is 77.0 Å². The van der Waals surface area contributed by atoms with Crippen molar-refractivity contribution in [3.8, 4) is 0 Å². The zero-order valence-corrected chi connectivity index (χ0v) is 57.1. The Balaban J connectivity index is 1.72. The van der Waals surface area contributed by atoms with Crippen molar-refractivity contribution >= 4 is 123 Å². The number of thioether (sulfide) groups is 2. The minimum Gasteiger partial charge on any atom is -0.394 e. The van der Waals surface area contributed by atoms with Gasteiger partial charge in [-0.3, -0.25) is 71.9 Å². The molecule has 2 aromatic heterocycles. The van der Waals surface area contributed by atoms with Crippen LogP contribution in [0.5, 0.6) is 0 Å². The Hall–Kier alpha value is -9.36. The number of aromatic amines is 2. The van der Waals surface area contributed by atoms with Crippen molar-refractivity contribution in [3.05, 3.63) is 54.2 Å². The number of rotatable bonds is 45. The molecule has 37 heteroatoms. The first-order valence-electron chi connectivity index (χ1n) is 31.0. The predicted molar refractivity (Wildman–Crippen MR) is 358 cm³/mol. The molecule has 3 rings (SSSR count). The molecule has 0 aliphatic heterocycles. The van der Waals surface area contributed by atoms with E-state index in [-0.39, 0.29) is 62.6 Å². The number of carbonyl (C=O) groups is 15. The highest BCUT2D eigenvalue weighted by molar-refractivity contribution is 8.00. The Labute approximate surface area is 569 Å². The molecule has 0 radical (unpaired) electrons. The van der Waals surface area contributed by atoms with Gasteiger partial charge in [0.1, 0.15) is 54.4 Å². The summed E-state index contributed by atoms with van der Waals surface area (Å²) >= 11 is 2.33. The van der Waals surface area contributed by atoms with E-state index < -0.39 is 181 Å². The number of carbonyl (C=O) groups excluding carboxylic acids is 15. The van der Waals surface area contributed by atoms with Gasteiger partial charge in [0.2, 0.25) is 88.6 Å². The number of aromatic nitrogens is 3. The van der Waals surface area contributed by atoms with E-state index in [2.05, 4.69) is 78.8 Å². The van der Waals surface area contributed by atoms with Crippen LogP contribution in [0, 0.1) is 11.8 Å². The van der Waals surface area contributed by atoms with Crippen LogP contribution < -0.4 is 81.0 Å². The molecule has 0 bridgehead atoms. The fourth-order valence-corrected chi connectivity index (χ4v) is 10.5. The van der Waals surface area contributed by atoms with E-state index in [1.54, 1.807) is 58.4 Å². The summed E-state index contributed by atoms with van der Waals surface area (Å²) in [4.78, 5) is 209. The molecule has 9 atom stereocenters. The molecule has 35 nitrogen and oxygen atoms in total. The van der Waals surface area contributed by atoms with E-state index in [0.717, 1.165) is 11.8 Å². The molecule has 0 saturated carbocycles. The fraction of sp³-hybridized carbons (Fsp3) is 0.567. The van der Waals surface area contributed by atoms with Crippen molar-refractivity contribution in [2.75, 3.05) is 70.4 Å². The van der Waals surface area contributed by atoms with Crippen LogP contribution in [-0.4, -0.2) is 238 Å². The maximum Gasteiger partial charge on any atom is 0.245 e. The quantitative estimate of drug-likeness (QED) is 0.0250. The first-order valence-corrected chi connectivity index (χ1v) is 33.6. The summed E-state index contributed by atoms with van der Waals surface area (Å²) in [6.07, 6.45) is 5.06. The zero-order chi connectivity index (χ0) is 72.5. The third-order valence-corrected chi connectivity index (χ3v) is 16.0. The number of aliphatic hydroxyl groups excluding tert-OH is 1. The van der Waals surface area contributed by atoms with Crippen molar-refractivity contribution in [2.45, 2.75) is 134 Å². The number of amides is 15. The van der Waals surface area contributed by atoms with Crippen molar-refractivity contribution in [2.24, 2.45) is 29.0 Å². The maximum absolute atomic E-state index is 14.3. The SMILES string of the molecule is CSCC[C@H](NC(=O)[C@H](CC(C)C)NC(=O)[C@H](Cc1cnc[nH]1)NC(=O)CNC(=O)[C@@H](NC(=O)[C@H](C)NC(=O)[C@H](Cc1c[nH]c2ccccc12)NC(=O)[C@H](CCC(N)=O)NC(=O)CCNC(=O)CNC(=O)[C@H](CSCC(N)=O)NC(=O)[C@H](CO)NC(=O)CN(C)C)C(C)C)C(N)=O. The Kier molecular flexibility index (Phi) is 35.7. The lowest BCUT2D eigenvalue weighted by molar-refractivity contribution is -0.135. The van der Waals surface area contributed by atoms with Crippen molar-refractivity contribution in [1.29, 1.82) is 0 Å². The smallest absolute Gasteiger partial charge is 0.245 e. The second-order valence-electron chi connectivity index (χ2n) is 23.7. The van der Waals surface area contributed by atoms with Gasteiger partial charge in [-0.1, -0.05) is 45.9 Å². The normalized spacial score (nSPS) is 13.9. The number of hydrogen-bond donors (Lipinski definition) is 18. The Morgan fingerprint density at radius 1 is 0.577 bits per heavy atom. The molecule has 536 valence electrons. The monoisotopic (exact) mass is 1400 g/mol. The van der Waals surface area contributed by atoms with Gasteiger partial charge in [-0.2, -0.15) is 11.8 Å². The lowest BCUT2D eigenvalue weighted by atomic mass is 10.0. The number of aliphatic hydroxyl groups is 1. The first kappa shape index (κ1) is 81.9. The summed E-state index contributed by atoms with van der Waals surface area (Å²) in [5.41, 5.74) is 17.9. The highest BCUT2D eigenvalue weighted by atomic mass is 32.2. The molecule has 0 saturated heterocycles. The van der Waals surface area contributed by atoms with E-state index in [4.69, 9.17) is 17.2 Å². The summed E-state index contributed by atoms with van der Waals surface area (Å²) in [6, 6.07) is -4.95. The van der Waals surface area contributed by atoms with Crippen LogP contribution in [-0.2, 0) is 84.8 Å². The number of fused-ring (bicyclic) bond motifs is 1. The van der Waals surface area contributed by atoms with Gasteiger partial charge < -0.3 is 101 Å². The number of nitrogens with one attached hydrogen (secondary N) is 14. The van der Waals surface area contributed by atoms with E-state index in [0.29, 0.717) is 27.9 Å². The second kappa shape index (κ2) is 42.2. The van der Waals surface area contributed by atoms with Crippen LogP contribution >= 0.6 is 23.5 Å². The second-order valence-corrected chi connectivity index (χ2v) is 25.7. The lowest BCUT2D eigenvalue weighted by Crippen LogP contribution is -2.59. The van der Waals surface area contributed by atoms with Crippen LogP contribution in [0.1, 0.15) is 78.0 Å². The van der Waals surface area contributed by atoms with E-state index >= 15 is 0 Å².